The summed E-state index contributed by atoms with van der Waals surface area (Å²) in [5.74, 6) is 0.629. The van der Waals surface area contributed by atoms with Crippen LogP contribution in [0.25, 0.3) is 6.08 Å². The van der Waals surface area contributed by atoms with E-state index in [1.807, 2.05) is 24.3 Å². The summed E-state index contributed by atoms with van der Waals surface area (Å²) in [7, 11) is 0. The summed E-state index contributed by atoms with van der Waals surface area (Å²) in [6, 6.07) is 7.32. The fraction of sp³-hybridized carbons (Fsp3) is 0.182. The Bertz CT molecular complexity index is 350. The predicted octanol–water partition coefficient (Wildman–Crippen LogP) is 3.30. The Balaban J connectivity index is 2.68. The number of hydrogen-bond acceptors (Lipinski definition) is 2. The smallest absolute Gasteiger partial charge is 0.211 e. The molecule has 1 rings (SSSR count). The van der Waals surface area contributed by atoms with Crippen molar-refractivity contribution in [3.05, 3.63) is 35.9 Å². The SMILES string of the molecule is O=C=Nc1ccc(C=CCCCl)cc1. The molecule has 0 aliphatic rings. The highest BCUT2D eigenvalue weighted by Crippen LogP contribution is 2.13. The summed E-state index contributed by atoms with van der Waals surface area (Å²) < 4.78 is 0. The topological polar surface area (TPSA) is 29.4 Å². The van der Waals surface area contributed by atoms with Gasteiger partial charge in [0.25, 0.3) is 0 Å². The van der Waals surface area contributed by atoms with Crippen molar-refractivity contribution < 1.29 is 4.79 Å². The summed E-state index contributed by atoms with van der Waals surface area (Å²) in [5.41, 5.74) is 1.69. The molecule has 0 saturated carbocycles. The molecule has 0 amide bonds. The Labute approximate surface area is 87.9 Å². The molecule has 0 bridgehead atoms. The van der Waals surface area contributed by atoms with Crippen LogP contribution in [0.5, 0.6) is 0 Å². The van der Waals surface area contributed by atoms with Gasteiger partial charge < -0.3 is 0 Å². The Morgan fingerprint density at radius 3 is 2.64 bits per heavy atom. The van der Waals surface area contributed by atoms with Crippen molar-refractivity contribution in [2.75, 3.05) is 5.88 Å². The highest BCUT2D eigenvalue weighted by atomic mass is 35.5. The van der Waals surface area contributed by atoms with E-state index in [4.69, 9.17) is 11.6 Å². The lowest BCUT2D eigenvalue weighted by Crippen LogP contribution is -1.71. The molecule has 0 saturated heterocycles. The quantitative estimate of drug-likeness (QED) is 0.423. The van der Waals surface area contributed by atoms with Crippen molar-refractivity contribution in [3.63, 3.8) is 0 Å². The second-order valence-corrected chi connectivity index (χ2v) is 3.05. The highest BCUT2D eigenvalue weighted by molar-refractivity contribution is 6.17. The number of aliphatic imine (C=N–C) groups is 1. The van der Waals surface area contributed by atoms with Gasteiger partial charge in [-0.1, -0.05) is 24.3 Å². The van der Waals surface area contributed by atoms with Gasteiger partial charge in [-0.2, -0.15) is 4.99 Å². The first-order chi connectivity index (χ1) is 6.86. The van der Waals surface area contributed by atoms with E-state index in [9.17, 15) is 4.79 Å². The molecule has 0 spiro atoms. The van der Waals surface area contributed by atoms with Gasteiger partial charge in [0.1, 0.15) is 0 Å². The zero-order valence-electron chi connectivity index (χ0n) is 7.61. The number of benzene rings is 1. The fourth-order valence-electron chi connectivity index (χ4n) is 0.995. The largest absolute Gasteiger partial charge is 0.240 e. The van der Waals surface area contributed by atoms with Gasteiger partial charge in [-0.3, -0.25) is 0 Å². The molecular weight excluding hydrogens is 198 g/mol. The third-order valence-electron chi connectivity index (χ3n) is 1.65. The first-order valence-corrected chi connectivity index (χ1v) is 4.80. The highest BCUT2D eigenvalue weighted by Gasteiger charge is 1.88. The first-order valence-electron chi connectivity index (χ1n) is 4.27. The minimum absolute atomic E-state index is 0.620. The summed E-state index contributed by atoms with van der Waals surface area (Å²) in [5, 5.41) is 0. The lowest BCUT2D eigenvalue weighted by atomic mass is 10.2. The Morgan fingerprint density at radius 2 is 2.07 bits per heavy atom. The maximum absolute atomic E-state index is 9.95. The van der Waals surface area contributed by atoms with Crippen LogP contribution in [0.15, 0.2) is 35.3 Å². The van der Waals surface area contributed by atoms with Crippen LogP contribution in [0.1, 0.15) is 12.0 Å². The third kappa shape index (κ3) is 3.56. The van der Waals surface area contributed by atoms with Crippen LogP contribution in [0.4, 0.5) is 5.69 Å². The minimum atomic E-state index is 0.620. The average molecular weight is 208 g/mol. The van der Waals surface area contributed by atoms with Gasteiger partial charge in [0.05, 0.1) is 5.69 Å². The average Bonchev–Trinajstić information content (AvgIpc) is 2.21. The first kappa shape index (κ1) is 10.7. The summed E-state index contributed by atoms with van der Waals surface area (Å²) in [6.07, 6.45) is 6.34. The van der Waals surface area contributed by atoms with E-state index in [1.165, 1.54) is 6.08 Å². The maximum Gasteiger partial charge on any atom is 0.240 e. The van der Waals surface area contributed by atoms with Crippen LogP contribution in [0, 0.1) is 0 Å². The Kier molecular flexibility index (Phi) is 4.70. The van der Waals surface area contributed by atoms with E-state index in [1.54, 1.807) is 12.1 Å². The van der Waals surface area contributed by atoms with Crippen LogP contribution in [-0.2, 0) is 4.79 Å². The molecule has 72 valence electrons. The van der Waals surface area contributed by atoms with Gasteiger partial charge in [-0.15, -0.1) is 11.6 Å². The third-order valence-corrected chi connectivity index (χ3v) is 1.87. The van der Waals surface area contributed by atoms with Crippen LogP contribution in [0.3, 0.4) is 0 Å². The molecule has 1 aromatic carbocycles. The number of isocyanates is 1. The molecule has 14 heavy (non-hydrogen) atoms. The molecule has 0 radical (unpaired) electrons. The molecule has 0 heterocycles. The van der Waals surface area contributed by atoms with Crippen molar-refractivity contribution in [2.45, 2.75) is 6.42 Å². The van der Waals surface area contributed by atoms with E-state index < -0.39 is 0 Å². The van der Waals surface area contributed by atoms with E-state index in [0.29, 0.717) is 11.6 Å². The number of allylic oxidation sites excluding steroid dienone is 1. The molecule has 1 aromatic rings. The zero-order valence-corrected chi connectivity index (χ0v) is 8.37. The van der Waals surface area contributed by atoms with E-state index in [-0.39, 0.29) is 0 Å². The van der Waals surface area contributed by atoms with Gasteiger partial charge in [0.2, 0.25) is 6.08 Å². The number of carbonyl (C=O) groups excluding carboxylic acids is 1. The Morgan fingerprint density at radius 1 is 1.36 bits per heavy atom. The molecule has 3 heteroatoms. The summed E-state index contributed by atoms with van der Waals surface area (Å²) in [6.45, 7) is 0. The van der Waals surface area contributed by atoms with Crippen molar-refractivity contribution in [3.8, 4) is 0 Å². The van der Waals surface area contributed by atoms with Gasteiger partial charge in [0.15, 0.2) is 0 Å². The maximum atomic E-state index is 9.95. The summed E-state index contributed by atoms with van der Waals surface area (Å²) >= 11 is 5.52. The van der Waals surface area contributed by atoms with Gasteiger partial charge in [-0.05, 0) is 24.1 Å². The van der Waals surface area contributed by atoms with Gasteiger partial charge >= 0.3 is 0 Å². The van der Waals surface area contributed by atoms with Crippen molar-refractivity contribution in [1.82, 2.24) is 0 Å². The molecule has 2 nitrogen and oxygen atoms in total. The molecular formula is C11H10ClNO. The lowest BCUT2D eigenvalue weighted by Gasteiger charge is -1.93. The molecule has 0 aliphatic heterocycles. The van der Waals surface area contributed by atoms with Crippen LogP contribution in [-0.4, -0.2) is 12.0 Å². The number of halogens is 1. The molecule has 0 aromatic heterocycles. The van der Waals surface area contributed by atoms with Gasteiger partial charge in [-0.25, -0.2) is 4.79 Å². The Hall–Kier alpha value is -1.37. The van der Waals surface area contributed by atoms with Crippen molar-refractivity contribution in [1.29, 1.82) is 0 Å². The predicted molar refractivity (Wildman–Crippen MR) is 58.6 cm³/mol. The molecule has 0 fully saturated rings. The zero-order chi connectivity index (χ0) is 10.2. The second kappa shape index (κ2) is 6.14. The normalized spacial score (nSPS) is 10.1. The molecule has 0 atom stereocenters. The van der Waals surface area contributed by atoms with Crippen LogP contribution in [0.2, 0.25) is 0 Å². The number of hydrogen-bond donors (Lipinski definition) is 0. The second-order valence-electron chi connectivity index (χ2n) is 2.67. The van der Waals surface area contributed by atoms with Crippen molar-refractivity contribution in [2.24, 2.45) is 4.99 Å². The number of rotatable bonds is 4. The van der Waals surface area contributed by atoms with Crippen molar-refractivity contribution >= 4 is 29.4 Å². The number of nitrogens with zero attached hydrogens (tertiary/aromatic N) is 1. The van der Waals surface area contributed by atoms with Crippen LogP contribution >= 0.6 is 11.6 Å². The van der Waals surface area contributed by atoms with Gasteiger partial charge in [0, 0.05) is 5.88 Å². The summed E-state index contributed by atoms with van der Waals surface area (Å²) in [4.78, 5) is 13.4. The number of alkyl halides is 1. The fourth-order valence-corrected chi connectivity index (χ4v) is 1.12. The van der Waals surface area contributed by atoms with E-state index >= 15 is 0 Å². The standard InChI is InChI=1S/C11H10ClNO/c12-8-2-1-3-10-4-6-11(7-5-10)13-9-14/h1,3-7H,2,8H2. The van der Waals surface area contributed by atoms with E-state index in [0.717, 1.165) is 12.0 Å². The minimum Gasteiger partial charge on any atom is -0.211 e. The molecule has 0 aliphatic carbocycles. The van der Waals surface area contributed by atoms with E-state index in [2.05, 4.69) is 4.99 Å². The molecule has 0 N–H and O–H groups in total. The lowest BCUT2D eigenvalue weighted by molar-refractivity contribution is 0.565. The van der Waals surface area contributed by atoms with Crippen LogP contribution < -0.4 is 0 Å². The molecule has 0 unspecified atom stereocenters. The monoisotopic (exact) mass is 207 g/mol.